The number of aliphatic hydroxyl groups is 1. The van der Waals surface area contributed by atoms with Crippen LogP contribution in [0.2, 0.25) is 0 Å². The molecule has 0 aliphatic heterocycles. The predicted molar refractivity (Wildman–Crippen MR) is 98.0 cm³/mol. The first kappa shape index (κ1) is 17.7. The molecule has 4 bridgehead atoms. The van der Waals surface area contributed by atoms with Crippen molar-refractivity contribution in [3.63, 3.8) is 0 Å². The Kier molecular flexibility index (Phi) is 4.63. The molecule has 4 saturated carbocycles. The van der Waals surface area contributed by atoms with Gasteiger partial charge in [-0.05, 0) is 62.7 Å². The van der Waals surface area contributed by atoms with Crippen LogP contribution in [0.3, 0.4) is 0 Å². The first-order chi connectivity index (χ1) is 12.5. The fourth-order valence-electron chi connectivity index (χ4n) is 6.09. The zero-order chi connectivity index (χ0) is 18.3. The Morgan fingerprint density at radius 1 is 1.23 bits per heavy atom. The number of aromatic nitrogens is 2. The van der Waals surface area contributed by atoms with E-state index in [1.807, 2.05) is 6.92 Å². The maximum Gasteiger partial charge on any atom is 0.263 e. The second-order valence-corrected chi connectivity index (χ2v) is 8.69. The zero-order valence-corrected chi connectivity index (χ0v) is 15.5. The molecule has 2 N–H and O–H groups in total. The molecule has 0 radical (unpaired) electrons. The van der Waals surface area contributed by atoms with Gasteiger partial charge in [0.15, 0.2) is 0 Å². The van der Waals surface area contributed by atoms with Crippen molar-refractivity contribution in [3.05, 3.63) is 27.9 Å². The highest BCUT2D eigenvalue weighted by Gasteiger charge is 2.52. The number of hydrogen-bond acceptors (Lipinski definition) is 4. The van der Waals surface area contributed by atoms with E-state index in [0.717, 1.165) is 49.3 Å². The summed E-state index contributed by atoms with van der Waals surface area (Å²) < 4.78 is 0. The minimum absolute atomic E-state index is 0.0176. The van der Waals surface area contributed by atoms with E-state index in [9.17, 15) is 14.7 Å². The van der Waals surface area contributed by atoms with E-state index < -0.39 is 0 Å². The van der Waals surface area contributed by atoms with Crippen LogP contribution in [0.5, 0.6) is 0 Å². The number of H-pyrrole nitrogens is 1. The van der Waals surface area contributed by atoms with Gasteiger partial charge in [0.2, 0.25) is 0 Å². The van der Waals surface area contributed by atoms with E-state index in [1.165, 1.54) is 30.4 Å². The maximum atomic E-state index is 12.7. The Labute approximate surface area is 154 Å². The van der Waals surface area contributed by atoms with Crippen molar-refractivity contribution in [1.82, 2.24) is 14.9 Å². The summed E-state index contributed by atoms with van der Waals surface area (Å²) in [4.78, 5) is 34.4. The lowest BCUT2D eigenvalue weighted by Crippen LogP contribution is -2.50. The van der Waals surface area contributed by atoms with Crippen LogP contribution < -0.4 is 5.56 Å². The molecule has 0 spiro atoms. The van der Waals surface area contributed by atoms with E-state index in [1.54, 1.807) is 0 Å². The number of amides is 1. The summed E-state index contributed by atoms with van der Waals surface area (Å²) in [7, 11) is 0. The van der Waals surface area contributed by atoms with Crippen LogP contribution in [0.1, 0.15) is 68.1 Å². The van der Waals surface area contributed by atoms with E-state index in [4.69, 9.17) is 0 Å². The van der Waals surface area contributed by atoms with Crippen LogP contribution in [-0.4, -0.2) is 45.6 Å². The number of hydrogen-bond donors (Lipinski definition) is 2. The summed E-state index contributed by atoms with van der Waals surface area (Å²) in [5.41, 5.74) is -0.237. The van der Waals surface area contributed by atoms with Gasteiger partial charge in [0.25, 0.3) is 11.5 Å². The van der Waals surface area contributed by atoms with Gasteiger partial charge in [-0.15, -0.1) is 0 Å². The van der Waals surface area contributed by atoms with E-state index in [2.05, 4.69) is 9.97 Å². The summed E-state index contributed by atoms with van der Waals surface area (Å²) in [6.07, 6.45) is 9.65. The Morgan fingerprint density at radius 3 is 2.35 bits per heavy atom. The van der Waals surface area contributed by atoms with Crippen LogP contribution in [0, 0.1) is 17.8 Å². The minimum Gasteiger partial charge on any atom is -0.395 e. The summed E-state index contributed by atoms with van der Waals surface area (Å²) in [6, 6.07) is 0. The van der Waals surface area contributed by atoms with Crippen LogP contribution in [0.4, 0.5) is 0 Å². The van der Waals surface area contributed by atoms with Gasteiger partial charge in [0.05, 0.1) is 6.61 Å². The molecule has 1 amide bonds. The third-order valence-electron chi connectivity index (χ3n) is 6.72. The number of nitrogens with zero attached hydrogens (tertiary/aromatic N) is 2. The number of nitrogens with one attached hydrogen (secondary N) is 1. The Morgan fingerprint density at radius 2 is 1.85 bits per heavy atom. The highest BCUT2D eigenvalue weighted by atomic mass is 16.3. The van der Waals surface area contributed by atoms with Gasteiger partial charge in [0, 0.05) is 24.7 Å². The lowest BCUT2D eigenvalue weighted by Gasteiger charge is -2.56. The first-order valence-corrected chi connectivity index (χ1v) is 10.0. The molecule has 5 rings (SSSR count). The molecule has 142 valence electrons. The fraction of sp³-hybridized carbons (Fsp3) is 0.750. The molecule has 26 heavy (non-hydrogen) atoms. The second-order valence-electron chi connectivity index (χ2n) is 8.69. The molecule has 1 heterocycles. The molecule has 6 nitrogen and oxygen atoms in total. The van der Waals surface area contributed by atoms with Crippen LogP contribution in [0.25, 0.3) is 0 Å². The van der Waals surface area contributed by atoms with E-state index in [-0.39, 0.29) is 35.6 Å². The molecule has 4 fully saturated rings. The third-order valence-corrected chi connectivity index (χ3v) is 6.72. The van der Waals surface area contributed by atoms with Gasteiger partial charge in [-0.2, -0.15) is 0 Å². The summed E-state index contributed by atoms with van der Waals surface area (Å²) in [6.45, 7) is 2.62. The molecule has 1 aromatic heterocycles. The standard InChI is InChI=1S/C20H29N3O3/c1-2-3-23(4-5-24)18(26)16-12-21-19(22-17(16)25)20-9-13-6-14(10-20)8-15(7-13)11-20/h12-15,24H,2-11H2,1H3,(H,21,22,25). The normalized spacial score (nSPS) is 32.0. The zero-order valence-electron chi connectivity index (χ0n) is 15.5. The van der Waals surface area contributed by atoms with Gasteiger partial charge in [-0.1, -0.05) is 6.92 Å². The lowest BCUT2D eigenvalue weighted by atomic mass is 9.49. The van der Waals surface area contributed by atoms with Crippen molar-refractivity contribution in [2.45, 2.75) is 57.3 Å². The van der Waals surface area contributed by atoms with Gasteiger partial charge in [-0.25, -0.2) is 4.98 Å². The number of rotatable bonds is 6. The predicted octanol–water partition coefficient (Wildman–Crippen LogP) is 2.08. The van der Waals surface area contributed by atoms with Crippen molar-refractivity contribution in [2.75, 3.05) is 19.7 Å². The van der Waals surface area contributed by atoms with Crippen molar-refractivity contribution in [3.8, 4) is 0 Å². The molecule has 0 aromatic carbocycles. The maximum absolute atomic E-state index is 12.7. The molecule has 6 heteroatoms. The second kappa shape index (κ2) is 6.80. The van der Waals surface area contributed by atoms with Crippen molar-refractivity contribution in [2.24, 2.45) is 17.8 Å². The number of carbonyl (C=O) groups excluding carboxylic acids is 1. The number of aliphatic hydroxyl groups excluding tert-OH is 1. The topological polar surface area (TPSA) is 86.3 Å². The third kappa shape index (κ3) is 2.98. The molecule has 0 unspecified atom stereocenters. The number of aromatic amines is 1. The van der Waals surface area contributed by atoms with Crippen molar-refractivity contribution < 1.29 is 9.90 Å². The number of carbonyl (C=O) groups is 1. The highest BCUT2D eigenvalue weighted by molar-refractivity contribution is 5.93. The molecule has 0 saturated heterocycles. The summed E-state index contributed by atoms with van der Waals surface area (Å²) in [5, 5.41) is 9.17. The molecule has 4 aliphatic rings. The smallest absolute Gasteiger partial charge is 0.263 e. The van der Waals surface area contributed by atoms with Crippen molar-refractivity contribution >= 4 is 5.91 Å². The monoisotopic (exact) mass is 359 g/mol. The average Bonchev–Trinajstić information content (AvgIpc) is 2.60. The fourth-order valence-corrected chi connectivity index (χ4v) is 6.09. The Hall–Kier alpha value is -1.69. The minimum atomic E-state index is -0.341. The highest BCUT2D eigenvalue weighted by Crippen LogP contribution is 2.59. The Bertz CT molecular complexity index is 701. The van der Waals surface area contributed by atoms with Crippen molar-refractivity contribution in [1.29, 1.82) is 0 Å². The van der Waals surface area contributed by atoms with Crippen LogP contribution >= 0.6 is 0 Å². The van der Waals surface area contributed by atoms with Gasteiger partial charge in [0.1, 0.15) is 11.4 Å². The van der Waals surface area contributed by atoms with E-state index in [0.29, 0.717) is 6.54 Å². The molecule has 4 aliphatic carbocycles. The molecule has 0 atom stereocenters. The molecule has 1 aromatic rings. The van der Waals surface area contributed by atoms with Crippen LogP contribution in [0.15, 0.2) is 11.0 Å². The average molecular weight is 359 g/mol. The molecular formula is C20H29N3O3. The summed E-state index contributed by atoms with van der Waals surface area (Å²) >= 11 is 0. The van der Waals surface area contributed by atoms with Gasteiger partial charge in [-0.3, -0.25) is 9.59 Å². The summed E-state index contributed by atoms with van der Waals surface area (Å²) in [5.74, 6) is 2.78. The SMILES string of the molecule is CCCN(CCO)C(=O)c1cnc(C23CC4CC(CC(C4)C2)C3)[nH]c1=O. The van der Waals surface area contributed by atoms with E-state index >= 15 is 0 Å². The molecular weight excluding hydrogens is 330 g/mol. The Balaban J connectivity index is 1.60. The van der Waals surface area contributed by atoms with Crippen LogP contribution in [-0.2, 0) is 5.41 Å². The quantitative estimate of drug-likeness (QED) is 0.814. The largest absolute Gasteiger partial charge is 0.395 e. The van der Waals surface area contributed by atoms with Gasteiger partial charge < -0.3 is 15.0 Å². The van der Waals surface area contributed by atoms with Gasteiger partial charge >= 0.3 is 0 Å². The lowest BCUT2D eigenvalue weighted by molar-refractivity contribution is -0.00955. The first-order valence-electron chi connectivity index (χ1n) is 10.0.